The van der Waals surface area contributed by atoms with E-state index in [2.05, 4.69) is 32.7 Å². The van der Waals surface area contributed by atoms with E-state index in [9.17, 15) is 4.79 Å². The third kappa shape index (κ3) is 6.34. The average molecular weight is 509 g/mol. The molecular weight excluding hydrogens is 476 g/mol. The molecule has 5 rings (SSSR count). The third-order valence-electron chi connectivity index (χ3n) is 6.29. The van der Waals surface area contributed by atoms with Crippen LogP contribution in [0.3, 0.4) is 0 Å². The number of hydrogen-bond donors (Lipinski definition) is 2. The minimum Gasteiger partial charge on any atom is -0.378 e. The predicted molar refractivity (Wildman–Crippen MR) is 154 cm³/mol. The van der Waals surface area contributed by atoms with Gasteiger partial charge in [0.15, 0.2) is 0 Å². The van der Waals surface area contributed by atoms with Crippen LogP contribution in [0.4, 0.5) is 23.0 Å². The molecule has 1 amide bonds. The van der Waals surface area contributed by atoms with Crippen LogP contribution >= 0.6 is 0 Å². The van der Waals surface area contributed by atoms with Gasteiger partial charge in [-0.1, -0.05) is 36.4 Å². The number of carbonyl (C=O) groups excluding carboxylic acids is 1. The zero-order chi connectivity index (χ0) is 26.3. The van der Waals surface area contributed by atoms with Gasteiger partial charge in [0.25, 0.3) is 0 Å². The molecule has 0 unspecified atom stereocenters. The number of rotatable bonds is 8. The number of fused-ring (bicyclic) bond motifs is 1. The lowest BCUT2D eigenvalue weighted by Gasteiger charge is -2.28. The van der Waals surface area contributed by atoms with Crippen LogP contribution in [0.1, 0.15) is 0 Å². The zero-order valence-electron chi connectivity index (χ0n) is 21.7. The number of morpholine rings is 1. The molecule has 0 bridgehead atoms. The van der Waals surface area contributed by atoms with Gasteiger partial charge >= 0.3 is 0 Å². The molecule has 0 spiro atoms. The minimum atomic E-state index is -0.157. The summed E-state index contributed by atoms with van der Waals surface area (Å²) in [4.78, 5) is 26.0. The lowest BCUT2D eigenvalue weighted by molar-refractivity contribution is -0.111. The van der Waals surface area contributed by atoms with Gasteiger partial charge in [0.05, 0.1) is 18.7 Å². The van der Waals surface area contributed by atoms with Crippen molar-refractivity contribution < 1.29 is 9.53 Å². The fourth-order valence-electron chi connectivity index (χ4n) is 4.37. The molecule has 0 atom stereocenters. The Hall–Kier alpha value is -4.27. The van der Waals surface area contributed by atoms with Crippen LogP contribution in [0, 0.1) is 0 Å². The number of nitrogens with zero attached hydrogens (tertiary/aromatic N) is 4. The van der Waals surface area contributed by atoms with Crippen molar-refractivity contribution >= 4 is 39.8 Å². The van der Waals surface area contributed by atoms with E-state index in [0.29, 0.717) is 12.5 Å². The highest BCUT2D eigenvalue weighted by molar-refractivity contribution is 6.00. The Morgan fingerprint density at radius 2 is 1.82 bits per heavy atom. The maximum atomic E-state index is 12.3. The molecule has 2 heterocycles. The number of carbonyl (C=O) groups is 1. The van der Waals surface area contributed by atoms with Crippen molar-refractivity contribution in [3.63, 3.8) is 0 Å². The molecule has 0 radical (unpaired) electrons. The van der Waals surface area contributed by atoms with Gasteiger partial charge in [-0.15, -0.1) is 0 Å². The van der Waals surface area contributed by atoms with Gasteiger partial charge in [-0.3, -0.25) is 4.79 Å². The van der Waals surface area contributed by atoms with Crippen molar-refractivity contribution in [2.24, 2.45) is 0 Å². The van der Waals surface area contributed by atoms with E-state index >= 15 is 0 Å². The number of benzene rings is 3. The van der Waals surface area contributed by atoms with Gasteiger partial charge in [0.1, 0.15) is 0 Å². The summed E-state index contributed by atoms with van der Waals surface area (Å²) in [7, 11) is 3.92. The second-order valence-corrected chi connectivity index (χ2v) is 9.44. The summed E-state index contributed by atoms with van der Waals surface area (Å²) in [6.45, 7) is 4.03. The number of hydrogen-bond acceptors (Lipinski definition) is 7. The summed E-state index contributed by atoms with van der Waals surface area (Å²) in [5.41, 5.74) is 5.60. The molecule has 8 nitrogen and oxygen atoms in total. The van der Waals surface area contributed by atoms with Gasteiger partial charge in [-0.25, -0.2) is 9.97 Å². The average Bonchev–Trinajstić information content (AvgIpc) is 2.93. The van der Waals surface area contributed by atoms with Crippen molar-refractivity contribution in [1.82, 2.24) is 14.9 Å². The zero-order valence-corrected chi connectivity index (χ0v) is 21.7. The highest BCUT2D eigenvalue weighted by atomic mass is 16.5. The fourth-order valence-corrected chi connectivity index (χ4v) is 4.37. The Morgan fingerprint density at radius 3 is 2.61 bits per heavy atom. The molecule has 1 aliphatic heterocycles. The quantitative estimate of drug-likeness (QED) is 0.327. The minimum absolute atomic E-state index is 0.157. The third-order valence-corrected chi connectivity index (χ3v) is 6.29. The van der Waals surface area contributed by atoms with Crippen molar-refractivity contribution in [3.05, 3.63) is 85.1 Å². The smallest absolute Gasteiger partial charge is 0.248 e. The summed E-state index contributed by atoms with van der Waals surface area (Å²) in [5, 5.41) is 7.22. The largest absolute Gasteiger partial charge is 0.378 e. The van der Waals surface area contributed by atoms with E-state index in [-0.39, 0.29) is 5.91 Å². The maximum Gasteiger partial charge on any atom is 0.248 e. The van der Waals surface area contributed by atoms with Gasteiger partial charge in [0, 0.05) is 59.9 Å². The topological polar surface area (TPSA) is 82.6 Å². The molecule has 194 valence electrons. The van der Waals surface area contributed by atoms with Crippen LogP contribution in [0.15, 0.2) is 85.1 Å². The van der Waals surface area contributed by atoms with Crippen LogP contribution < -0.4 is 15.5 Å². The number of ether oxygens (including phenoxy) is 1. The van der Waals surface area contributed by atoms with E-state index < -0.39 is 0 Å². The Balaban J connectivity index is 1.35. The summed E-state index contributed by atoms with van der Waals surface area (Å²) in [6.07, 6.45) is 5.23. The molecule has 1 aromatic heterocycles. The number of aromatic nitrogens is 2. The van der Waals surface area contributed by atoms with E-state index in [0.717, 1.165) is 59.7 Å². The van der Waals surface area contributed by atoms with Crippen LogP contribution in [0.5, 0.6) is 0 Å². The first-order valence-electron chi connectivity index (χ1n) is 12.7. The van der Waals surface area contributed by atoms with Crippen LogP contribution in [-0.4, -0.2) is 67.7 Å². The predicted octanol–water partition coefficient (Wildman–Crippen LogP) is 4.93. The van der Waals surface area contributed by atoms with Gasteiger partial charge < -0.3 is 25.2 Å². The van der Waals surface area contributed by atoms with Crippen LogP contribution in [0.2, 0.25) is 0 Å². The first-order valence-corrected chi connectivity index (χ1v) is 12.7. The molecule has 0 aliphatic carbocycles. The first-order chi connectivity index (χ1) is 18.5. The normalized spacial score (nSPS) is 13.8. The summed E-state index contributed by atoms with van der Waals surface area (Å²) < 4.78 is 5.45. The molecule has 1 saturated heterocycles. The van der Waals surface area contributed by atoms with Crippen LogP contribution in [-0.2, 0) is 9.53 Å². The monoisotopic (exact) mass is 508 g/mol. The Bertz CT molecular complexity index is 1430. The first kappa shape index (κ1) is 25.4. The number of para-hydroxylation sites is 1. The SMILES string of the molecule is CN(C)C/C=C/C(=O)Nc1cccc(-c2cccc3cnc(Nc4ccc(N5CCOCC5)cc4)nc23)c1. The van der Waals surface area contributed by atoms with Gasteiger partial charge in [0.2, 0.25) is 11.9 Å². The fraction of sp³-hybridized carbons (Fsp3) is 0.233. The molecule has 1 aliphatic rings. The molecule has 8 heteroatoms. The van der Waals surface area contributed by atoms with Crippen molar-refractivity contribution in [2.75, 3.05) is 62.5 Å². The summed E-state index contributed by atoms with van der Waals surface area (Å²) >= 11 is 0. The van der Waals surface area contributed by atoms with Gasteiger partial charge in [-0.05, 0) is 56.1 Å². The molecule has 0 saturated carbocycles. The Morgan fingerprint density at radius 1 is 1.03 bits per heavy atom. The highest BCUT2D eigenvalue weighted by Crippen LogP contribution is 2.30. The van der Waals surface area contributed by atoms with E-state index in [1.165, 1.54) is 5.69 Å². The van der Waals surface area contributed by atoms with E-state index in [1.807, 2.05) is 85.9 Å². The Labute approximate surface area is 223 Å². The number of nitrogens with one attached hydrogen (secondary N) is 2. The van der Waals surface area contributed by atoms with Crippen LogP contribution in [0.25, 0.3) is 22.0 Å². The number of amides is 1. The molecule has 38 heavy (non-hydrogen) atoms. The highest BCUT2D eigenvalue weighted by Gasteiger charge is 2.12. The standard InChI is InChI=1S/C30H32N6O2/c1-35(2)15-5-10-28(37)32-25-8-3-6-22(20-25)27-9-4-7-23-21-31-30(34-29(23)27)33-24-11-13-26(14-12-24)36-16-18-38-19-17-36/h3-14,20-21H,15-19H2,1-2H3,(H,32,37)(H,31,33,34)/b10-5+. The second-order valence-electron chi connectivity index (χ2n) is 9.44. The molecule has 4 aromatic rings. The van der Waals surface area contributed by atoms with Crippen molar-refractivity contribution in [2.45, 2.75) is 0 Å². The summed E-state index contributed by atoms with van der Waals surface area (Å²) in [6, 6.07) is 22.1. The molecule has 2 N–H and O–H groups in total. The lowest BCUT2D eigenvalue weighted by atomic mass is 10.0. The van der Waals surface area contributed by atoms with Gasteiger partial charge in [-0.2, -0.15) is 0 Å². The molecule has 1 fully saturated rings. The van der Waals surface area contributed by atoms with E-state index in [4.69, 9.17) is 9.72 Å². The number of likely N-dealkylation sites (N-methyl/N-ethyl adjacent to an activating group) is 1. The molecular formula is C30H32N6O2. The molecule has 3 aromatic carbocycles. The van der Waals surface area contributed by atoms with E-state index in [1.54, 1.807) is 6.08 Å². The second kappa shape index (κ2) is 11.9. The summed E-state index contributed by atoms with van der Waals surface area (Å²) in [5.74, 6) is 0.370. The van der Waals surface area contributed by atoms with Crippen molar-refractivity contribution in [1.29, 1.82) is 0 Å². The lowest BCUT2D eigenvalue weighted by Crippen LogP contribution is -2.36. The maximum absolute atomic E-state index is 12.3. The van der Waals surface area contributed by atoms with Crippen molar-refractivity contribution in [3.8, 4) is 11.1 Å². The Kier molecular flexibility index (Phi) is 7.92. The number of anilines is 4.